The smallest absolute Gasteiger partial charge is 0.217 e. The molecule has 18 heavy (non-hydrogen) atoms. The third-order valence-electron chi connectivity index (χ3n) is 3.70. The van der Waals surface area contributed by atoms with Crippen molar-refractivity contribution in [3.63, 3.8) is 0 Å². The van der Waals surface area contributed by atoms with E-state index < -0.39 is 0 Å². The van der Waals surface area contributed by atoms with E-state index in [9.17, 15) is 4.79 Å². The maximum atomic E-state index is 11.3. The summed E-state index contributed by atoms with van der Waals surface area (Å²) in [5, 5.41) is 12.0. The molecule has 0 aliphatic carbocycles. The standard InChI is InChI=1S/C14H24N2O2/c1-10(9-15)8-11(2)14(16-12(3)17)13-4-6-18-7-5-13/h10-11,13-14H,4-8H2,1-3H3,(H,16,17). The maximum absolute atomic E-state index is 11.3. The third-order valence-corrected chi connectivity index (χ3v) is 3.70. The van der Waals surface area contributed by atoms with Gasteiger partial charge in [0.25, 0.3) is 0 Å². The normalized spacial score (nSPS) is 21.7. The van der Waals surface area contributed by atoms with Crippen molar-refractivity contribution in [1.82, 2.24) is 5.32 Å². The van der Waals surface area contributed by atoms with Crippen LogP contribution in [-0.4, -0.2) is 25.2 Å². The number of ether oxygens (including phenoxy) is 1. The highest BCUT2D eigenvalue weighted by molar-refractivity contribution is 5.73. The SMILES string of the molecule is CC(=O)NC(C(C)CC(C)C#N)C1CCOCC1. The first-order valence-corrected chi connectivity index (χ1v) is 6.79. The number of hydrogen-bond donors (Lipinski definition) is 1. The van der Waals surface area contributed by atoms with Gasteiger partial charge in [0.05, 0.1) is 6.07 Å². The van der Waals surface area contributed by atoms with E-state index in [1.165, 1.54) is 0 Å². The van der Waals surface area contributed by atoms with Crippen molar-refractivity contribution in [3.05, 3.63) is 0 Å². The zero-order valence-corrected chi connectivity index (χ0v) is 11.6. The summed E-state index contributed by atoms with van der Waals surface area (Å²) in [6.45, 7) is 7.19. The van der Waals surface area contributed by atoms with Crippen molar-refractivity contribution in [1.29, 1.82) is 5.26 Å². The first-order chi connectivity index (χ1) is 8.54. The molecule has 1 saturated heterocycles. The largest absolute Gasteiger partial charge is 0.381 e. The highest BCUT2D eigenvalue weighted by Crippen LogP contribution is 2.27. The molecule has 0 bridgehead atoms. The van der Waals surface area contributed by atoms with Crippen LogP contribution in [0.5, 0.6) is 0 Å². The van der Waals surface area contributed by atoms with Crippen LogP contribution in [0.15, 0.2) is 0 Å². The lowest BCUT2D eigenvalue weighted by molar-refractivity contribution is -0.120. The van der Waals surface area contributed by atoms with Gasteiger partial charge in [-0.3, -0.25) is 4.79 Å². The summed E-state index contributed by atoms with van der Waals surface area (Å²) in [4.78, 5) is 11.3. The number of carbonyl (C=O) groups excluding carboxylic acids is 1. The number of nitrogens with zero attached hydrogens (tertiary/aromatic N) is 1. The molecule has 4 heteroatoms. The minimum Gasteiger partial charge on any atom is -0.381 e. The Hall–Kier alpha value is -1.08. The third kappa shape index (κ3) is 4.66. The van der Waals surface area contributed by atoms with Crippen molar-refractivity contribution < 1.29 is 9.53 Å². The molecule has 1 aliphatic rings. The van der Waals surface area contributed by atoms with Gasteiger partial charge in [-0.05, 0) is 38.0 Å². The van der Waals surface area contributed by atoms with Crippen LogP contribution in [0.3, 0.4) is 0 Å². The minimum atomic E-state index is 0.0166. The fourth-order valence-electron chi connectivity index (χ4n) is 2.79. The average Bonchev–Trinajstić information content (AvgIpc) is 2.36. The number of nitriles is 1. The molecule has 1 rings (SSSR count). The molecule has 0 saturated carbocycles. The van der Waals surface area contributed by atoms with Gasteiger partial charge in [-0.25, -0.2) is 0 Å². The van der Waals surface area contributed by atoms with Gasteiger partial charge in [0.2, 0.25) is 5.91 Å². The van der Waals surface area contributed by atoms with Crippen molar-refractivity contribution in [2.24, 2.45) is 17.8 Å². The molecule has 4 nitrogen and oxygen atoms in total. The van der Waals surface area contributed by atoms with Gasteiger partial charge in [0.15, 0.2) is 0 Å². The van der Waals surface area contributed by atoms with Gasteiger partial charge in [-0.1, -0.05) is 6.92 Å². The Morgan fingerprint density at radius 3 is 2.56 bits per heavy atom. The molecule has 0 aromatic rings. The van der Waals surface area contributed by atoms with Crippen LogP contribution in [0.1, 0.15) is 40.0 Å². The predicted molar refractivity (Wildman–Crippen MR) is 69.7 cm³/mol. The molecular formula is C14H24N2O2. The second-order valence-electron chi connectivity index (χ2n) is 5.42. The van der Waals surface area contributed by atoms with Crippen molar-refractivity contribution in [2.45, 2.75) is 46.1 Å². The highest BCUT2D eigenvalue weighted by atomic mass is 16.5. The lowest BCUT2D eigenvalue weighted by atomic mass is 9.80. The second-order valence-corrected chi connectivity index (χ2v) is 5.42. The van der Waals surface area contributed by atoms with Crippen LogP contribution in [0.25, 0.3) is 0 Å². The number of nitrogens with one attached hydrogen (secondary N) is 1. The molecule has 3 atom stereocenters. The number of rotatable bonds is 5. The molecule has 0 spiro atoms. The van der Waals surface area contributed by atoms with Crippen molar-refractivity contribution >= 4 is 5.91 Å². The molecular weight excluding hydrogens is 228 g/mol. The summed E-state index contributed by atoms with van der Waals surface area (Å²) in [7, 11) is 0. The first kappa shape index (κ1) is 15.0. The van der Waals surface area contributed by atoms with Gasteiger partial charge in [-0.15, -0.1) is 0 Å². The van der Waals surface area contributed by atoms with E-state index in [0.29, 0.717) is 11.8 Å². The Labute approximate surface area is 110 Å². The van der Waals surface area contributed by atoms with E-state index in [4.69, 9.17) is 10.00 Å². The Balaban J connectivity index is 2.64. The van der Waals surface area contributed by atoms with Gasteiger partial charge >= 0.3 is 0 Å². The Bertz CT molecular complexity index is 305. The first-order valence-electron chi connectivity index (χ1n) is 6.79. The van der Waals surface area contributed by atoms with Crippen LogP contribution in [0.2, 0.25) is 0 Å². The fraction of sp³-hybridized carbons (Fsp3) is 0.857. The molecule has 0 aromatic heterocycles. The average molecular weight is 252 g/mol. The van der Waals surface area contributed by atoms with Crippen molar-refractivity contribution in [3.8, 4) is 6.07 Å². The minimum absolute atomic E-state index is 0.0166. The highest BCUT2D eigenvalue weighted by Gasteiger charge is 2.29. The summed E-state index contributed by atoms with van der Waals surface area (Å²) in [5.74, 6) is 0.856. The van der Waals surface area contributed by atoms with Crippen LogP contribution < -0.4 is 5.32 Å². The van der Waals surface area contributed by atoms with E-state index in [1.54, 1.807) is 6.92 Å². The Kier molecular flexibility index (Phi) is 6.14. The molecule has 3 unspecified atom stereocenters. The summed E-state index contributed by atoms with van der Waals surface area (Å²) >= 11 is 0. The van der Waals surface area contributed by atoms with E-state index >= 15 is 0 Å². The molecule has 0 radical (unpaired) electrons. The lowest BCUT2D eigenvalue weighted by Gasteiger charge is -2.35. The van der Waals surface area contributed by atoms with Gasteiger partial charge in [0, 0.05) is 32.1 Å². The Morgan fingerprint density at radius 1 is 1.44 bits per heavy atom. The zero-order valence-electron chi connectivity index (χ0n) is 11.6. The molecule has 1 fully saturated rings. The van der Waals surface area contributed by atoms with Crippen LogP contribution in [0.4, 0.5) is 0 Å². The summed E-state index contributed by atoms with van der Waals surface area (Å²) in [5.41, 5.74) is 0. The maximum Gasteiger partial charge on any atom is 0.217 e. The second kappa shape index (κ2) is 7.38. The topological polar surface area (TPSA) is 62.1 Å². The van der Waals surface area contributed by atoms with E-state index in [0.717, 1.165) is 32.5 Å². The van der Waals surface area contributed by atoms with Crippen LogP contribution in [-0.2, 0) is 9.53 Å². The number of carbonyl (C=O) groups is 1. The summed E-state index contributed by atoms with van der Waals surface area (Å²) in [6.07, 6.45) is 2.82. The number of amides is 1. The lowest BCUT2D eigenvalue weighted by Crippen LogP contribution is -2.45. The zero-order chi connectivity index (χ0) is 13.5. The van der Waals surface area contributed by atoms with Gasteiger partial charge in [-0.2, -0.15) is 5.26 Å². The van der Waals surface area contributed by atoms with Gasteiger partial charge < -0.3 is 10.1 Å². The molecule has 0 aromatic carbocycles. The monoisotopic (exact) mass is 252 g/mol. The van der Waals surface area contributed by atoms with E-state index in [-0.39, 0.29) is 17.9 Å². The summed E-state index contributed by atoms with van der Waals surface area (Å²) in [6, 6.07) is 2.44. The van der Waals surface area contributed by atoms with Crippen LogP contribution >= 0.6 is 0 Å². The quantitative estimate of drug-likeness (QED) is 0.815. The Morgan fingerprint density at radius 2 is 2.06 bits per heavy atom. The van der Waals surface area contributed by atoms with Crippen molar-refractivity contribution in [2.75, 3.05) is 13.2 Å². The summed E-state index contributed by atoms with van der Waals surface area (Å²) < 4.78 is 5.37. The van der Waals surface area contributed by atoms with E-state index in [1.807, 2.05) is 6.92 Å². The fourth-order valence-corrected chi connectivity index (χ4v) is 2.79. The van der Waals surface area contributed by atoms with Gasteiger partial charge in [0.1, 0.15) is 0 Å². The molecule has 1 heterocycles. The molecule has 1 N–H and O–H groups in total. The molecule has 102 valence electrons. The predicted octanol–water partition coefficient (Wildman–Crippen LogP) is 2.10. The number of hydrogen-bond acceptors (Lipinski definition) is 3. The van der Waals surface area contributed by atoms with E-state index in [2.05, 4.69) is 18.3 Å². The molecule has 1 amide bonds. The molecule has 1 aliphatic heterocycles. The van der Waals surface area contributed by atoms with Crippen LogP contribution in [0, 0.1) is 29.1 Å².